The Bertz CT molecular complexity index is 855. The normalized spacial score (nSPS) is 13.0. The Kier molecular flexibility index (Phi) is 28.1. The number of rotatable bonds is 32. The van der Waals surface area contributed by atoms with Crippen molar-refractivity contribution >= 4 is 23.9 Å². The Morgan fingerprint density at radius 2 is 0.960 bits per heavy atom. The van der Waals surface area contributed by atoms with Crippen molar-refractivity contribution in [1.29, 1.82) is 0 Å². The minimum atomic E-state index is -1.12. The van der Waals surface area contributed by atoms with Crippen LogP contribution in [0, 0.1) is 23.2 Å². The molecule has 0 aliphatic heterocycles. The van der Waals surface area contributed by atoms with Crippen LogP contribution in [0.15, 0.2) is 0 Å². The number of ether oxygens (including phenoxy) is 4. The lowest BCUT2D eigenvalue weighted by atomic mass is 9.79. The summed E-state index contributed by atoms with van der Waals surface area (Å²) in [6.07, 6.45) is 14.4. The summed E-state index contributed by atoms with van der Waals surface area (Å²) >= 11 is 0. The second-order valence-electron chi connectivity index (χ2n) is 14.9. The second-order valence-corrected chi connectivity index (χ2v) is 14.9. The summed E-state index contributed by atoms with van der Waals surface area (Å²) in [7, 11) is 3.91. The van der Waals surface area contributed by atoms with E-state index in [2.05, 4.69) is 34.6 Å². The summed E-state index contributed by atoms with van der Waals surface area (Å²) in [6.45, 7) is 14.7. The minimum absolute atomic E-state index is 0.118. The summed E-state index contributed by atoms with van der Waals surface area (Å²) < 4.78 is 24.1. The molecule has 0 N–H and O–H groups in total. The molecule has 294 valence electrons. The zero-order chi connectivity index (χ0) is 37.8. The maximum atomic E-state index is 13.7. The number of hydrogen-bond donors (Lipinski definition) is 0. The molecular weight excluding hydrogens is 634 g/mol. The van der Waals surface area contributed by atoms with Gasteiger partial charge in [-0.05, 0) is 78.9 Å². The molecule has 0 aliphatic carbocycles. The molecule has 0 fully saturated rings. The average molecular weight is 712 g/mol. The Morgan fingerprint density at radius 1 is 0.560 bits per heavy atom. The summed E-state index contributed by atoms with van der Waals surface area (Å²) in [5.41, 5.74) is -1.12. The molecule has 0 spiro atoms. The van der Waals surface area contributed by atoms with Gasteiger partial charge in [0.05, 0.1) is 29.3 Å². The van der Waals surface area contributed by atoms with Gasteiger partial charge in [0.25, 0.3) is 0 Å². The van der Waals surface area contributed by atoms with Crippen molar-refractivity contribution in [2.75, 3.05) is 40.5 Å². The van der Waals surface area contributed by atoms with Gasteiger partial charge >= 0.3 is 23.9 Å². The first-order chi connectivity index (χ1) is 23.9. The fourth-order valence-corrected chi connectivity index (χ4v) is 6.05. The van der Waals surface area contributed by atoms with Crippen LogP contribution in [0.3, 0.4) is 0 Å². The van der Waals surface area contributed by atoms with Crippen molar-refractivity contribution in [3.8, 4) is 0 Å². The van der Waals surface area contributed by atoms with E-state index >= 15 is 0 Å². The zero-order valence-corrected chi connectivity index (χ0v) is 33.8. The molecule has 0 radical (unpaired) electrons. The molecule has 0 aromatic rings. The number of carbonyl (C=O) groups excluding carboxylic acids is 4. The van der Waals surface area contributed by atoms with Crippen molar-refractivity contribution in [2.45, 2.75) is 177 Å². The van der Waals surface area contributed by atoms with E-state index in [1.54, 1.807) is 0 Å². The first-order valence-electron chi connectivity index (χ1n) is 20.3. The lowest BCUT2D eigenvalue weighted by molar-refractivity contribution is -0.170. The summed E-state index contributed by atoms with van der Waals surface area (Å²) in [5, 5.41) is 0. The van der Waals surface area contributed by atoms with E-state index in [1.807, 2.05) is 32.8 Å². The largest absolute Gasteiger partial charge is 0.465 e. The highest BCUT2D eigenvalue weighted by molar-refractivity contribution is 5.74. The molecule has 0 aliphatic rings. The maximum absolute atomic E-state index is 13.7. The van der Waals surface area contributed by atoms with Gasteiger partial charge in [0.1, 0.15) is 19.8 Å². The quantitative estimate of drug-likeness (QED) is 0.0498. The van der Waals surface area contributed by atoms with Gasteiger partial charge in [0.2, 0.25) is 0 Å². The van der Waals surface area contributed by atoms with Crippen LogP contribution >= 0.6 is 0 Å². The van der Waals surface area contributed by atoms with Crippen LogP contribution < -0.4 is 0 Å². The van der Waals surface area contributed by atoms with Crippen LogP contribution in [-0.4, -0.2) is 75.3 Å². The molecule has 50 heavy (non-hydrogen) atoms. The standard InChI is InChI=1S/C41H77NO8/c1-10-16-22-34(23-17-11-2)38(44)48-31-41(30-47-37(43)27-21-28-42(8)9,29-36(26-20-14-5)40(46)50-33(7)15-6)32-49-39(45)35(24-18-12-3)25-19-13-4/h33-36H,10-32H2,1-9H3. The van der Waals surface area contributed by atoms with Gasteiger partial charge in [-0.2, -0.15) is 0 Å². The third-order valence-corrected chi connectivity index (χ3v) is 9.67. The number of esters is 4. The Hall–Kier alpha value is -2.16. The maximum Gasteiger partial charge on any atom is 0.309 e. The van der Waals surface area contributed by atoms with Gasteiger partial charge in [0.15, 0.2) is 0 Å². The highest BCUT2D eigenvalue weighted by atomic mass is 16.6. The molecule has 0 amide bonds. The van der Waals surface area contributed by atoms with E-state index in [0.717, 1.165) is 96.4 Å². The summed E-state index contributed by atoms with van der Waals surface area (Å²) in [6, 6.07) is 0. The molecular formula is C41H77NO8. The predicted molar refractivity (Wildman–Crippen MR) is 202 cm³/mol. The van der Waals surface area contributed by atoms with E-state index in [4.69, 9.17) is 18.9 Å². The van der Waals surface area contributed by atoms with Gasteiger partial charge < -0.3 is 23.8 Å². The Balaban J connectivity index is 6.72. The van der Waals surface area contributed by atoms with Crippen LogP contribution in [-0.2, 0) is 38.1 Å². The van der Waals surface area contributed by atoms with E-state index in [-0.39, 0.29) is 74.5 Å². The van der Waals surface area contributed by atoms with Crippen molar-refractivity contribution in [1.82, 2.24) is 4.90 Å². The van der Waals surface area contributed by atoms with E-state index in [0.29, 0.717) is 19.3 Å². The van der Waals surface area contributed by atoms with Gasteiger partial charge in [-0.1, -0.05) is 106 Å². The molecule has 0 saturated heterocycles. The zero-order valence-electron chi connectivity index (χ0n) is 33.8. The monoisotopic (exact) mass is 712 g/mol. The van der Waals surface area contributed by atoms with Crippen molar-refractivity contribution in [2.24, 2.45) is 23.2 Å². The molecule has 0 aromatic carbocycles. The Labute approximate surface area is 306 Å². The van der Waals surface area contributed by atoms with Crippen molar-refractivity contribution in [3.05, 3.63) is 0 Å². The lowest BCUT2D eigenvalue weighted by Gasteiger charge is -2.36. The topological polar surface area (TPSA) is 108 Å². The fourth-order valence-electron chi connectivity index (χ4n) is 6.05. The highest BCUT2D eigenvalue weighted by Gasteiger charge is 2.41. The van der Waals surface area contributed by atoms with Crippen LogP contribution in [0.1, 0.15) is 170 Å². The third kappa shape index (κ3) is 21.9. The molecule has 2 unspecified atom stereocenters. The average Bonchev–Trinajstić information content (AvgIpc) is 3.09. The van der Waals surface area contributed by atoms with E-state index < -0.39 is 11.3 Å². The Morgan fingerprint density at radius 3 is 1.34 bits per heavy atom. The van der Waals surface area contributed by atoms with E-state index in [1.165, 1.54) is 0 Å². The van der Waals surface area contributed by atoms with Crippen LogP contribution in [0.4, 0.5) is 0 Å². The first-order valence-corrected chi connectivity index (χ1v) is 20.3. The number of nitrogens with zero attached hydrogens (tertiary/aromatic N) is 1. The van der Waals surface area contributed by atoms with Gasteiger partial charge in [-0.25, -0.2) is 0 Å². The summed E-state index contributed by atoms with van der Waals surface area (Å²) in [4.78, 5) is 56.1. The van der Waals surface area contributed by atoms with Crippen molar-refractivity contribution in [3.63, 3.8) is 0 Å². The first kappa shape index (κ1) is 47.8. The highest BCUT2D eigenvalue weighted by Crippen LogP contribution is 2.34. The van der Waals surface area contributed by atoms with Gasteiger partial charge in [-0.3, -0.25) is 19.2 Å². The molecule has 9 nitrogen and oxygen atoms in total. The lowest BCUT2D eigenvalue weighted by Crippen LogP contribution is -2.43. The predicted octanol–water partition coefficient (Wildman–Crippen LogP) is 9.48. The van der Waals surface area contributed by atoms with E-state index in [9.17, 15) is 19.2 Å². The minimum Gasteiger partial charge on any atom is -0.465 e. The number of unbranched alkanes of at least 4 members (excludes halogenated alkanes) is 5. The third-order valence-electron chi connectivity index (χ3n) is 9.67. The molecule has 0 bridgehead atoms. The SMILES string of the molecule is CCCCC(CCCC)C(=O)OCC(COC(=O)CCCN(C)C)(COC(=O)C(CCCC)CCCC)CC(CCCC)C(=O)OC(C)CC. The smallest absolute Gasteiger partial charge is 0.309 e. The van der Waals surface area contributed by atoms with Crippen molar-refractivity contribution < 1.29 is 38.1 Å². The molecule has 0 heterocycles. The molecule has 0 aromatic heterocycles. The number of carbonyl (C=O) groups is 4. The molecule has 0 rings (SSSR count). The van der Waals surface area contributed by atoms with Crippen LogP contribution in [0.5, 0.6) is 0 Å². The molecule has 2 atom stereocenters. The second kappa shape index (κ2) is 29.4. The van der Waals surface area contributed by atoms with Gasteiger partial charge in [0, 0.05) is 6.42 Å². The number of hydrogen-bond acceptors (Lipinski definition) is 9. The van der Waals surface area contributed by atoms with Crippen LogP contribution in [0.25, 0.3) is 0 Å². The molecule has 0 saturated carbocycles. The fraction of sp³-hybridized carbons (Fsp3) is 0.902. The summed E-state index contributed by atoms with van der Waals surface area (Å²) in [5.74, 6) is -2.26. The molecule has 9 heteroatoms. The van der Waals surface area contributed by atoms with Crippen LogP contribution in [0.2, 0.25) is 0 Å². The van der Waals surface area contributed by atoms with Gasteiger partial charge in [-0.15, -0.1) is 0 Å².